The Balaban J connectivity index is 2.77. The van der Waals surface area contributed by atoms with Crippen LogP contribution in [-0.4, -0.2) is 21.1 Å². The van der Waals surface area contributed by atoms with Crippen LogP contribution >= 0.6 is 0 Å². The number of aromatic nitrogens is 2. The monoisotopic (exact) mass is 349 g/mol. The van der Waals surface area contributed by atoms with E-state index < -0.39 is 51.3 Å². The van der Waals surface area contributed by atoms with E-state index in [-0.39, 0.29) is 12.1 Å². The third-order valence-corrected chi connectivity index (χ3v) is 2.74. The second-order valence-electron chi connectivity index (χ2n) is 4.30. The molecule has 0 aliphatic rings. The van der Waals surface area contributed by atoms with Gasteiger partial charge in [-0.15, -0.1) is 0 Å². The highest BCUT2D eigenvalue weighted by Gasteiger charge is 2.61. The van der Waals surface area contributed by atoms with E-state index >= 15 is 0 Å². The van der Waals surface area contributed by atoms with Crippen molar-refractivity contribution in [1.29, 1.82) is 0 Å². The fraction of sp³-hybridized carbons (Fsp3) is 0.300. The van der Waals surface area contributed by atoms with E-state index in [9.17, 15) is 45.2 Å². The summed E-state index contributed by atoms with van der Waals surface area (Å²) < 4.78 is 101. The van der Waals surface area contributed by atoms with Crippen molar-refractivity contribution in [3.8, 4) is 0 Å². The zero-order valence-corrected chi connectivity index (χ0v) is 10.4. The SMILES string of the molecule is O=[N+]([O-])c1cc(C(F)(F)F)cc2[nH]c(C(F)(F)C(F)(F)F)nc12. The Morgan fingerprint density at radius 1 is 1.04 bits per heavy atom. The van der Waals surface area contributed by atoms with Crippen molar-refractivity contribution in [2.24, 2.45) is 0 Å². The number of hydrogen-bond donors (Lipinski definition) is 1. The van der Waals surface area contributed by atoms with Gasteiger partial charge < -0.3 is 4.98 Å². The normalized spacial score (nSPS) is 13.6. The van der Waals surface area contributed by atoms with Crippen LogP contribution in [0.3, 0.4) is 0 Å². The first kappa shape index (κ1) is 16.9. The third-order valence-electron chi connectivity index (χ3n) is 2.74. The number of aromatic amines is 1. The van der Waals surface area contributed by atoms with Crippen molar-refractivity contribution in [1.82, 2.24) is 9.97 Å². The Morgan fingerprint density at radius 3 is 2.04 bits per heavy atom. The number of alkyl halides is 8. The largest absolute Gasteiger partial charge is 0.461 e. The molecule has 0 saturated carbocycles. The molecule has 0 fully saturated rings. The van der Waals surface area contributed by atoms with Crippen LogP contribution in [-0.2, 0) is 12.1 Å². The topological polar surface area (TPSA) is 71.8 Å². The maximum Gasteiger partial charge on any atom is 0.461 e. The highest BCUT2D eigenvalue weighted by atomic mass is 19.4. The average molecular weight is 349 g/mol. The van der Waals surface area contributed by atoms with Gasteiger partial charge in [-0.3, -0.25) is 10.1 Å². The molecule has 0 aliphatic carbocycles. The molecule has 1 N–H and O–H groups in total. The quantitative estimate of drug-likeness (QED) is 0.503. The zero-order chi connectivity index (χ0) is 17.8. The molecule has 0 atom stereocenters. The number of nitrogens with one attached hydrogen (secondary N) is 1. The number of nitro groups is 1. The highest BCUT2D eigenvalue weighted by molar-refractivity contribution is 5.85. The summed E-state index contributed by atoms with van der Waals surface area (Å²) in [6, 6.07) is 0.157. The summed E-state index contributed by atoms with van der Waals surface area (Å²) in [5.41, 5.74) is -4.95. The van der Waals surface area contributed by atoms with Crippen LogP contribution in [0.2, 0.25) is 0 Å². The molecule has 0 aliphatic heterocycles. The third kappa shape index (κ3) is 2.77. The standard InChI is InChI=1S/C10H3F8N3O2/c11-8(12,10(16,17)18)7-19-4-1-3(9(13,14)15)2-5(21(22)23)6(4)20-7/h1-2H,(H,19,20). The molecule has 23 heavy (non-hydrogen) atoms. The Kier molecular flexibility index (Phi) is 3.50. The van der Waals surface area contributed by atoms with Gasteiger partial charge in [0, 0.05) is 6.07 Å². The minimum Gasteiger partial charge on any atom is -0.336 e. The van der Waals surface area contributed by atoms with Crippen LogP contribution in [0.25, 0.3) is 11.0 Å². The number of rotatable bonds is 2. The molecule has 2 aromatic rings. The highest BCUT2D eigenvalue weighted by Crippen LogP contribution is 2.44. The van der Waals surface area contributed by atoms with Gasteiger partial charge in [-0.05, 0) is 6.07 Å². The van der Waals surface area contributed by atoms with Gasteiger partial charge in [-0.1, -0.05) is 0 Å². The fourth-order valence-electron chi connectivity index (χ4n) is 1.69. The van der Waals surface area contributed by atoms with Gasteiger partial charge in [-0.2, -0.15) is 35.1 Å². The van der Waals surface area contributed by atoms with E-state index in [4.69, 9.17) is 0 Å². The van der Waals surface area contributed by atoms with E-state index in [0.717, 1.165) is 0 Å². The number of non-ortho nitro benzene ring substituents is 1. The number of benzene rings is 1. The smallest absolute Gasteiger partial charge is 0.336 e. The fourth-order valence-corrected chi connectivity index (χ4v) is 1.69. The Labute approximate surface area is 120 Å². The number of imidazole rings is 1. The van der Waals surface area contributed by atoms with Gasteiger partial charge in [0.2, 0.25) is 0 Å². The summed E-state index contributed by atoms with van der Waals surface area (Å²) in [5, 5.41) is 10.7. The molecule has 1 heterocycles. The van der Waals surface area contributed by atoms with E-state index in [0.29, 0.717) is 0 Å². The van der Waals surface area contributed by atoms with Crippen LogP contribution < -0.4 is 0 Å². The molecule has 2 rings (SSSR count). The van der Waals surface area contributed by atoms with Crippen LogP contribution in [0.15, 0.2) is 12.1 Å². The number of hydrogen-bond acceptors (Lipinski definition) is 3. The summed E-state index contributed by atoms with van der Waals surface area (Å²) in [6.07, 6.45) is -11.2. The maximum atomic E-state index is 13.2. The number of H-pyrrole nitrogens is 1. The minimum absolute atomic E-state index is 0.00130. The minimum atomic E-state index is -6.08. The Bertz CT molecular complexity index is 777. The van der Waals surface area contributed by atoms with Crippen molar-refractivity contribution < 1.29 is 40.0 Å². The zero-order valence-electron chi connectivity index (χ0n) is 10.4. The number of nitro benzene ring substituents is 1. The predicted octanol–water partition coefficient (Wildman–Crippen LogP) is 4.14. The lowest BCUT2D eigenvalue weighted by Gasteiger charge is -2.16. The molecule has 0 spiro atoms. The van der Waals surface area contributed by atoms with Crippen LogP contribution in [0.5, 0.6) is 0 Å². The van der Waals surface area contributed by atoms with Gasteiger partial charge in [0.1, 0.15) is 0 Å². The van der Waals surface area contributed by atoms with Crippen LogP contribution in [0, 0.1) is 10.1 Å². The molecule has 13 heteroatoms. The molecule has 5 nitrogen and oxygen atoms in total. The van der Waals surface area contributed by atoms with Crippen molar-refractivity contribution in [3.63, 3.8) is 0 Å². The molecule has 1 aromatic heterocycles. The van der Waals surface area contributed by atoms with E-state index in [1.54, 1.807) is 0 Å². The molecule has 1 aromatic carbocycles. The summed E-state index contributed by atoms with van der Waals surface area (Å²) in [5.74, 6) is -7.56. The second-order valence-corrected chi connectivity index (χ2v) is 4.30. The first-order valence-corrected chi connectivity index (χ1v) is 5.45. The van der Waals surface area contributed by atoms with Gasteiger partial charge in [0.05, 0.1) is 16.0 Å². The molecular formula is C10H3F8N3O2. The van der Waals surface area contributed by atoms with Crippen molar-refractivity contribution in [2.75, 3.05) is 0 Å². The maximum absolute atomic E-state index is 13.2. The van der Waals surface area contributed by atoms with E-state index in [1.807, 2.05) is 0 Å². The summed E-state index contributed by atoms with van der Waals surface area (Å²) in [6.45, 7) is 0. The number of halogens is 8. The van der Waals surface area contributed by atoms with Crippen molar-refractivity contribution >= 4 is 16.7 Å². The lowest BCUT2D eigenvalue weighted by Crippen LogP contribution is -2.34. The van der Waals surface area contributed by atoms with Crippen molar-refractivity contribution in [3.05, 3.63) is 33.6 Å². The van der Waals surface area contributed by atoms with Gasteiger partial charge in [0.25, 0.3) is 5.69 Å². The second kappa shape index (κ2) is 4.76. The van der Waals surface area contributed by atoms with Gasteiger partial charge in [-0.25, -0.2) is 4.98 Å². The molecule has 0 bridgehead atoms. The lowest BCUT2D eigenvalue weighted by atomic mass is 10.1. The molecular weight excluding hydrogens is 346 g/mol. The first-order chi connectivity index (χ1) is 10.2. The predicted molar refractivity (Wildman–Crippen MR) is 57.7 cm³/mol. The molecule has 0 radical (unpaired) electrons. The Hall–Kier alpha value is -2.47. The number of fused-ring (bicyclic) bond motifs is 1. The van der Waals surface area contributed by atoms with E-state index in [1.165, 1.54) is 4.98 Å². The molecule has 0 saturated heterocycles. The van der Waals surface area contributed by atoms with Gasteiger partial charge in [0.15, 0.2) is 11.3 Å². The lowest BCUT2D eigenvalue weighted by molar-refractivity contribution is -0.383. The molecule has 126 valence electrons. The van der Waals surface area contributed by atoms with Crippen LogP contribution in [0.4, 0.5) is 40.8 Å². The first-order valence-electron chi connectivity index (χ1n) is 5.45. The molecule has 0 unspecified atom stereocenters. The summed E-state index contributed by atoms with van der Waals surface area (Å²) >= 11 is 0. The number of nitrogens with zero attached hydrogens (tertiary/aromatic N) is 2. The molecule has 0 amide bonds. The summed E-state index contributed by atoms with van der Waals surface area (Å²) in [7, 11) is 0. The summed E-state index contributed by atoms with van der Waals surface area (Å²) in [4.78, 5) is 13.5. The average Bonchev–Trinajstić information content (AvgIpc) is 2.78. The van der Waals surface area contributed by atoms with Crippen molar-refractivity contribution in [2.45, 2.75) is 18.3 Å². The van der Waals surface area contributed by atoms with Gasteiger partial charge >= 0.3 is 18.3 Å². The Morgan fingerprint density at radius 2 is 1.61 bits per heavy atom. The van der Waals surface area contributed by atoms with Crippen LogP contribution in [0.1, 0.15) is 11.4 Å². The van der Waals surface area contributed by atoms with E-state index in [2.05, 4.69) is 4.98 Å².